The first kappa shape index (κ1) is 12.2. The largest absolute Gasteiger partial charge is 0.443 e. The quantitative estimate of drug-likeness (QED) is 0.633. The molecule has 0 saturated carbocycles. The molecule has 4 nitrogen and oxygen atoms in total. The van der Waals surface area contributed by atoms with E-state index >= 15 is 0 Å². The topological polar surface area (TPSA) is 58.9 Å². The summed E-state index contributed by atoms with van der Waals surface area (Å²) in [7, 11) is 0. The van der Waals surface area contributed by atoms with Crippen molar-refractivity contribution in [1.82, 2.24) is 0 Å². The summed E-state index contributed by atoms with van der Waals surface area (Å²) in [6, 6.07) is 7.13. The van der Waals surface area contributed by atoms with Gasteiger partial charge in [-0.05, 0) is 24.1 Å². The van der Waals surface area contributed by atoms with Crippen LogP contribution in [0.2, 0.25) is 5.02 Å². The Kier molecular flexibility index (Phi) is 3.03. The molecule has 1 aromatic carbocycles. The van der Waals surface area contributed by atoms with Gasteiger partial charge in [0.15, 0.2) is 5.78 Å². The van der Waals surface area contributed by atoms with Crippen molar-refractivity contribution in [3.8, 4) is 0 Å². The molecular weight excluding hydrogens is 266 g/mol. The summed E-state index contributed by atoms with van der Waals surface area (Å²) in [6.07, 6.45) is 2.01. The lowest BCUT2D eigenvalue weighted by Crippen LogP contribution is -2.16. The Balaban J connectivity index is 2.08. The van der Waals surface area contributed by atoms with Gasteiger partial charge in [0.2, 0.25) is 5.90 Å². The number of ketones is 1. The molecule has 1 unspecified atom stereocenters. The van der Waals surface area contributed by atoms with Crippen LogP contribution in [0.5, 0.6) is 0 Å². The fourth-order valence-corrected chi connectivity index (χ4v) is 2.74. The van der Waals surface area contributed by atoms with Crippen LogP contribution in [-0.4, -0.2) is 16.9 Å². The zero-order chi connectivity index (χ0) is 13.4. The van der Waals surface area contributed by atoms with Crippen molar-refractivity contribution in [3.05, 3.63) is 46.2 Å². The van der Waals surface area contributed by atoms with Gasteiger partial charge in [-0.15, -0.1) is 0 Å². The number of allylic oxidation sites excluding steroid dienone is 1. The molecule has 2 aliphatic rings. The van der Waals surface area contributed by atoms with E-state index in [4.69, 9.17) is 21.5 Å². The van der Waals surface area contributed by atoms with Crippen molar-refractivity contribution in [2.75, 3.05) is 0 Å². The van der Waals surface area contributed by atoms with Gasteiger partial charge >= 0.3 is 0 Å². The number of ether oxygens (including phenoxy) is 1. The van der Waals surface area contributed by atoms with E-state index in [0.717, 1.165) is 12.0 Å². The molecule has 5 heteroatoms. The van der Waals surface area contributed by atoms with Gasteiger partial charge in [-0.3, -0.25) is 4.79 Å². The van der Waals surface area contributed by atoms with Crippen LogP contribution in [0.3, 0.4) is 0 Å². The first-order valence-electron chi connectivity index (χ1n) is 6.12. The minimum atomic E-state index is -0.412. The second kappa shape index (κ2) is 4.70. The molecule has 1 aliphatic carbocycles. The Bertz CT molecular complexity index is 589. The molecule has 0 aromatic heterocycles. The van der Waals surface area contributed by atoms with Crippen LogP contribution in [0.25, 0.3) is 0 Å². The fourth-order valence-electron chi connectivity index (χ4n) is 2.61. The van der Waals surface area contributed by atoms with Gasteiger partial charge in [0.05, 0.1) is 11.5 Å². The summed E-state index contributed by atoms with van der Waals surface area (Å²) >= 11 is 5.86. The second-order valence-corrected chi connectivity index (χ2v) is 5.07. The van der Waals surface area contributed by atoms with Crippen LogP contribution in [0.1, 0.15) is 30.7 Å². The number of Topliss-reactive ketones (excluding diaryl/α,β-unsaturated/α-hetero) is 1. The second-order valence-electron chi connectivity index (χ2n) is 4.64. The maximum absolute atomic E-state index is 12.1. The zero-order valence-electron chi connectivity index (χ0n) is 10.1. The maximum atomic E-state index is 12.1. The van der Waals surface area contributed by atoms with Crippen LogP contribution in [-0.2, 0) is 9.53 Å². The molecular formula is C14H12ClNO3. The zero-order valence-corrected chi connectivity index (χ0v) is 10.9. The number of halogens is 1. The predicted molar refractivity (Wildman–Crippen MR) is 70.4 cm³/mol. The number of carbonyl (C=O) groups excluding carboxylic acids is 1. The first-order chi connectivity index (χ1) is 9.20. The Morgan fingerprint density at radius 1 is 1.26 bits per heavy atom. The number of oxime groups is 1. The van der Waals surface area contributed by atoms with Gasteiger partial charge in [0, 0.05) is 17.9 Å². The van der Waals surface area contributed by atoms with Gasteiger partial charge in [-0.2, -0.15) is 0 Å². The summed E-state index contributed by atoms with van der Waals surface area (Å²) in [4.78, 5) is 12.1. The third-order valence-corrected chi connectivity index (χ3v) is 3.73. The van der Waals surface area contributed by atoms with E-state index in [-0.39, 0.29) is 11.7 Å². The number of rotatable bonds is 1. The molecule has 19 heavy (non-hydrogen) atoms. The van der Waals surface area contributed by atoms with E-state index in [1.54, 1.807) is 12.1 Å². The van der Waals surface area contributed by atoms with Crippen molar-refractivity contribution in [2.45, 2.75) is 25.2 Å². The third kappa shape index (κ3) is 2.02. The number of carbonyl (C=O) groups is 1. The number of hydrogen-bond donors (Lipinski definition) is 1. The molecule has 0 bridgehead atoms. The summed E-state index contributed by atoms with van der Waals surface area (Å²) in [6.45, 7) is 0. The molecule has 1 aliphatic heterocycles. The molecule has 0 fully saturated rings. The average molecular weight is 278 g/mol. The summed E-state index contributed by atoms with van der Waals surface area (Å²) in [5.41, 5.74) is 1.47. The molecule has 0 saturated heterocycles. The van der Waals surface area contributed by atoms with Crippen molar-refractivity contribution < 1.29 is 14.7 Å². The molecule has 0 spiro atoms. The van der Waals surface area contributed by atoms with Crippen LogP contribution in [0.15, 0.2) is 40.8 Å². The Morgan fingerprint density at radius 3 is 2.68 bits per heavy atom. The van der Waals surface area contributed by atoms with Crippen molar-refractivity contribution in [3.63, 3.8) is 0 Å². The molecule has 0 radical (unpaired) electrons. The predicted octanol–water partition coefficient (Wildman–Crippen LogP) is 3.25. The smallest absolute Gasteiger partial charge is 0.242 e. The molecule has 3 rings (SSSR count). The summed E-state index contributed by atoms with van der Waals surface area (Å²) in [5.74, 6) is 0.469. The molecule has 0 amide bonds. The molecule has 1 atom stereocenters. The number of hydrogen-bond acceptors (Lipinski definition) is 4. The normalized spacial score (nSPS) is 24.6. The lowest BCUT2D eigenvalue weighted by molar-refractivity contribution is -0.116. The molecule has 1 N–H and O–H groups in total. The lowest BCUT2D eigenvalue weighted by Gasteiger charge is -2.14. The fraction of sp³-hybridized carbons (Fsp3) is 0.286. The highest BCUT2D eigenvalue weighted by Gasteiger charge is 2.40. The summed E-state index contributed by atoms with van der Waals surface area (Å²) < 4.78 is 5.51. The number of nitrogens with zero attached hydrogens (tertiary/aromatic N) is 1. The van der Waals surface area contributed by atoms with Gasteiger partial charge in [-0.1, -0.05) is 28.9 Å². The third-order valence-electron chi connectivity index (χ3n) is 3.47. The van der Waals surface area contributed by atoms with Crippen LogP contribution >= 0.6 is 11.6 Å². The Morgan fingerprint density at radius 2 is 2.00 bits per heavy atom. The Hall–Kier alpha value is -1.81. The van der Waals surface area contributed by atoms with Crippen molar-refractivity contribution in [1.29, 1.82) is 0 Å². The summed E-state index contributed by atoms with van der Waals surface area (Å²) in [5, 5.41) is 12.9. The SMILES string of the molecule is O=C1CCCC2=C1C(c1ccc(Cl)cc1)/C(=N\O)O2. The van der Waals surface area contributed by atoms with Crippen LogP contribution in [0.4, 0.5) is 0 Å². The minimum absolute atomic E-state index is 0.0693. The van der Waals surface area contributed by atoms with E-state index in [2.05, 4.69) is 5.16 Å². The number of benzene rings is 1. The van der Waals surface area contributed by atoms with Crippen molar-refractivity contribution in [2.24, 2.45) is 5.16 Å². The molecule has 98 valence electrons. The van der Waals surface area contributed by atoms with Crippen LogP contribution < -0.4 is 0 Å². The molecule has 1 aromatic rings. The van der Waals surface area contributed by atoms with E-state index in [0.29, 0.717) is 29.2 Å². The van der Waals surface area contributed by atoms with Gasteiger partial charge in [-0.25, -0.2) is 0 Å². The van der Waals surface area contributed by atoms with E-state index < -0.39 is 5.92 Å². The Labute approximate surface area is 115 Å². The monoisotopic (exact) mass is 277 g/mol. The van der Waals surface area contributed by atoms with Crippen LogP contribution in [0, 0.1) is 0 Å². The highest BCUT2D eigenvalue weighted by atomic mass is 35.5. The maximum Gasteiger partial charge on any atom is 0.242 e. The van der Waals surface area contributed by atoms with E-state index in [1.165, 1.54) is 0 Å². The van der Waals surface area contributed by atoms with Gasteiger partial charge in [0.25, 0.3) is 0 Å². The van der Waals surface area contributed by atoms with Crippen molar-refractivity contribution >= 4 is 23.3 Å². The van der Waals surface area contributed by atoms with Gasteiger partial charge < -0.3 is 9.94 Å². The van der Waals surface area contributed by atoms with E-state index in [9.17, 15) is 4.79 Å². The highest BCUT2D eigenvalue weighted by Crippen LogP contribution is 2.41. The van der Waals surface area contributed by atoms with E-state index in [1.807, 2.05) is 12.1 Å². The minimum Gasteiger partial charge on any atom is -0.443 e. The standard InChI is InChI=1S/C14H12ClNO3/c15-9-6-4-8(5-7-9)12-13-10(17)2-1-3-11(13)19-14(12)16-18/h4-7,12,18H,1-3H2/b16-14+. The van der Waals surface area contributed by atoms with Gasteiger partial charge in [0.1, 0.15) is 5.76 Å². The highest BCUT2D eigenvalue weighted by molar-refractivity contribution is 6.30. The molecule has 1 heterocycles. The first-order valence-corrected chi connectivity index (χ1v) is 6.50. The lowest BCUT2D eigenvalue weighted by atomic mass is 9.84. The average Bonchev–Trinajstić information content (AvgIpc) is 2.80.